The second-order valence-corrected chi connectivity index (χ2v) is 6.22. The second kappa shape index (κ2) is 4.77. The van der Waals surface area contributed by atoms with Crippen LogP contribution >= 0.6 is 11.8 Å². The van der Waals surface area contributed by atoms with Gasteiger partial charge in [0.1, 0.15) is 0 Å². The van der Waals surface area contributed by atoms with Crippen LogP contribution < -0.4 is 5.32 Å². The smallest absolute Gasteiger partial charge is 0.157 e. The Bertz CT molecular complexity index is 250. The van der Waals surface area contributed by atoms with E-state index in [-0.39, 0.29) is 0 Å². The van der Waals surface area contributed by atoms with Crippen molar-refractivity contribution >= 4 is 16.9 Å². The molecule has 0 aromatic rings. The van der Waals surface area contributed by atoms with Crippen LogP contribution in [-0.4, -0.2) is 23.0 Å². The molecular weight excluding hydrogens is 204 g/mol. The van der Waals surface area contributed by atoms with Crippen molar-refractivity contribution in [2.45, 2.75) is 52.1 Å². The molecule has 3 atom stereocenters. The van der Waals surface area contributed by atoms with Crippen molar-refractivity contribution in [3.05, 3.63) is 0 Å². The Morgan fingerprint density at radius 2 is 2.20 bits per heavy atom. The molecule has 1 saturated carbocycles. The van der Waals surface area contributed by atoms with Crippen molar-refractivity contribution < 1.29 is 0 Å². The van der Waals surface area contributed by atoms with Crippen molar-refractivity contribution in [3.63, 3.8) is 0 Å². The first kappa shape index (κ1) is 11.3. The van der Waals surface area contributed by atoms with Crippen molar-refractivity contribution in [1.29, 1.82) is 0 Å². The molecule has 0 aromatic carbocycles. The van der Waals surface area contributed by atoms with Crippen molar-refractivity contribution in [2.75, 3.05) is 5.75 Å². The van der Waals surface area contributed by atoms with Gasteiger partial charge in [0.15, 0.2) is 5.17 Å². The van der Waals surface area contributed by atoms with Crippen LogP contribution in [-0.2, 0) is 0 Å². The van der Waals surface area contributed by atoms with Crippen LogP contribution in [0, 0.1) is 11.8 Å². The van der Waals surface area contributed by atoms with E-state index in [1.165, 1.54) is 30.2 Å². The molecule has 2 aliphatic rings. The minimum absolute atomic E-state index is 0.536. The summed E-state index contributed by atoms with van der Waals surface area (Å²) >= 11 is 1.91. The van der Waals surface area contributed by atoms with Crippen LogP contribution in [0.2, 0.25) is 0 Å². The van der Waals surface area contributed by atoms with Gasteiger partial charge in [0.05, 0.1) is 6.04 Å². The molecule has 0 spiro atoms. The molecule has 0 radical (unpaired) electrons. The molecule has 86 valence electrons. The Labute approximate surface area is 97.3 Å². The van der Waals surface area contributed by atoms with Crippen LogP contribution in [0.25, 0.3) is 0 Å². The van der Waals surface area contributed by atoms with Crippen molar-refractivity contribution in [3.8, 4) is 0 Å². The van der Waals surface area contributed by atoms with Crippen molar-refractivity contribution in [2.24, 2.45) is 16.8 Å². The fraction of sp³-hybridized carbons (Fsp3) is 0.917. The molecule has 1 aliphatic carbocycles. The molecule has 1 aliphatic heterocycles. The molecule has 1 N–H and O–H groups in total. The summed E-state index contributed by atoms with van der Waals surface area (Å²) in [6, 6.07) is 1.22. The first-order chi connectivity index (χ1) is 7.16. The highest BCUT2D eigenvalue weighted by Gasteiger charge is 2.27. The largest absolute Gasteiger partial charge is 0.362 e. The summed E-state index contributed by atoms with van der Waals surface area (Å²) in [6.45, 7) is 6.87. The lowest BCUT2D eigenvalue weighted by Gasteiger charge is -2.17. The van der Waals surface area contributed by atoms with E-state index >= 15 is 0 Å². The van der Waals surface area contributed by atoms with Gasteiger partial charge in [-0.15, -0.1) is 0 Å². The van der Waals surface area contributed by atoms with Crippen LogP contribution in [0.5, 0.6) is 0 Å². The third kappa shape index (κ3) is 2.68. The lowest BCUT2D eigenvalue weighted by Crippen LogP contribution is -2.34. The molecule has 3 heteroatoms. The third-order valence-electron chi connectivity index (χ3n) is 3.61. The molecule has 0 bridgehead atoms. The number of amidine groups is 1. The normalized spacial score (nSPS) is 36.0. The van der Waals surface area contributed by atoms with Gasteiger partial charge in [0.2, 0.25) is 0 Å². The van der Waals surface area contributed by atoms with Gasteiger partial charge in [0.25, 0.3) is 0 Å². The molecule has 2 rings (SSSR count). The predicted molar refractivity (Wildman–Crippen MR) is 68.5 cm³/mol. The van der Waals surface area contributed by atoms with E-state index in [9.17, 15) is 0 Å². The van der Waals surface area contributed by atoms with Crippen LogP contribution in [0.1, 0.15) is 40.0 Å². The van der Waals surface area contributed by atoms with Crippen LogP contribution in [0.4, 0.5) is 0 Å². The number of hydrogen-bond acceptors (Lipinski definition) is 3. The third-order valence-corrected chi connectivity index (χ3v) is 4.62. The van der Waals surface area contributed by atoms with E-state index in [0.717, 1.165) is 5.92 Å². The number of aliphatic imine (C=N–C) groups is 1. The van der Waals surface area contributed by atoms with E-state index in [1.54, 1.807) is 0 Å². The van der Waals surface area contributed by atoms with E-state index < -0.39 is 0 Å². The second-order valence-electron chi connectivity index (χ2n) is 5.22. The van der Waals surface area contributed by atoms with Gasteiger partial charge < -0.3 is 5.32 Å². The SMILES string of the molecule is CC1CCCC1NC1=N[C@@H](C(C)C)CS1. The summed E-state index contributed by atoms with van der Waals surface area (Å²) in [7, 11) is 0. The maximum absolute atomic E-state index is 4.75. The molecule has 2 unspecified atom stereocenters. The fourth-order valence-corrected chi connectivity index (χ4v) is 3.56. The van der Waals surface area contributed by atoms with Crippen LogP contribution in [0.3, 0.4) is 0 Å². The van der Waals surface area contributed by atoms with Gasteiger partial charge >= 0.3 is 0 Å². The zero-order chi connectivity index (χ0) is 10.8. The molecule has 2 nitrogen and oxygen atoms in total. The lowest BCUT2D eigenvalue weighted by atomic mass is 10.1. The van der Waals surface area contributed by atoms with Gasteiger partial charge in [-0.25, -0.2) is 0 Å². The number of nitrogens with zero attached hydrogens (tertiary/aromatic N) is 1. The maximum Gasteiger partial charge on any atom is 0.157 e. The lowest BCUT2D eigenvalue weighted by molar-refractivity contribution is 0.486. The minimum Gasteiger partial charge on any atom is -0.362 e. The highest BCUT2D eigenvalue weighted by Crippen LogP contribution is 2.28. The number of nitrogens with one attached hydrogen (secondary N) is 1. The average molecular weight is 226 g/mol. The first-order valence-corrected chi connectivity index (χ1v) is 7.12. The van der Waals surface area contributed by atoms with Gasteiger partial charge in [-0.05, 0) is 24.7 Å². The quantitative estimate of drug-likeness (QED) is 0.783. The summed E-state index contributed by atoms with van der Waals surface area (Å²) in [5.74, 6) is 2.67. The summed E-state index contributed by atoms with van der Waals surface area (Å²) in [5.41, 5.74) is 0. The monoisotopic (exact) mass is 226 g/mol. The molecule has 0 saturated heterocycles. The Morgan fingerprint density at radius 1 is 1.40 bits per heavy atom. The predicted octanol–water partition coefficient (Wildman–Crippen LogP) is 2.89. The summed E-state index contributed by atoms with van der Waals surface area (Å²) in [4.78, 5) is 4.75. The highest BCUT2D eigenvalue weighted by molar-refractivity contribution is 8.14. The number of hydrogen-bond donors (Lipinski definition) is 1. The molecule has 0 aromatic heterocycles. The summed E-state index contributed by atoms with van der Waals surface area (Å²) in [6.07, 6.45) is 4.08. The molecule has 0 amide bonds. The topological polar surface area (TPSA) is 24.4 Å². The Kier molecular flexibility index (Phi) is 3.60. The van der Waals surface area contributed by atoms with Gasteiger partial charge in [-0.1, -0.05) is 39.0 Å². The molecule has 1 heterocycles. The molecular formula is C12H22N2S. The van der Waals surface area contributed by atoms with Crippen molar-refractivity contribution in [1.82, 2.24) is 5.32 Å². The number of thioether (sulfide) groups is 1. The van der Waals surface area contributed by atoms with E-state index in [4.69, 9.17) is 4.99 Å². The average Bonchev–Trinajstić information content (AvgIpc) is 2.77. The van der Waals surface area contributed by atoms with Gasteiger partial charge in [-0.3, -0.25) is 4.99 Å². The Morgan fingerprint density at radius 3 is 2.73 bits per heavy atom. The minimum atomic E-state index is 0.536. The molecule has 1 fully saturated rings. The number of rotatable bonds is 2. The Balaban J connectivity index is 1.87. The van der Waals surface area contributed by atoms with E-state index in [2.05, 4.69) is 26.1 Å². The zero-order valence-corrected chi connectivity index (χ0v) is 10.8. The summed E-state index contributed by atoms with van der Waals surface area (Å²) in [5, 5.41) is 4.83. The maximum atomic E-state index is 4.75. The van der Waals surface area contributed by atoms with Gasteiger partial charge in [-0.2, -0.15) is 0 Å². The standard InChI is InChI=1S/C12H22N2S/c1-8(2)11-7-15-12(14-11)13-10-6-4-5-9(10)3/h8-11H,4-7H2,1-3H3,(H,13,14)/t9?,10?,11-/m1/s1. The first-order valence-electron chi connectivity index (χ1n) is 6.14. The van der Waals surface area contributed by atoms with E-state index in [1.807, 2.05) is 11.8 Å². The Hall–Kier alpha value is -0.180. The fourth-order valence-electron chi connectivity index (χ4n) is 2.33. The van der Waals surface area contributed by atoms with Crippen LogP contribution in [0.15, 0.2) is 4.99 Å². The highest BCUT2D eigenvalue weighted by atomic mass is 32.2. The van der Waals surface area contributed by atoms with Gasteiger partial charge in [0, 0.05) is 11.8 Å². The molecule has 15 heavy (non-hydrogen) atoms. The zero-order valence-electron chi connectivity index (χ0n) is 9.99. The van der Waals surface area contributed by atoms with E-state index in [0.29, 0.717) is 18.0 Å². The summed E-state index contributed by atoms with van der Waals surface area (Å²) < 4.78 is 0.